The van der Waals surface area contributed by atoms with Gasteiger partial charge in [-0.3, -0.25) is 4.79 Å². The van der Waals surface area contributed by atoms with Crippen LogP contribution in [0.2, 0.25) is 0 Å². The molecule has 0 bridgehead atoms. The van der Waals surface area contributed by atoms with Gasteiger partial charge in [0, 0.05) is 11.1 Å². The van der Waals surface area contributed by atoms with Crippen molar-refractivity contribution in [2.24, 2.45) is 0 Å². The summed E-state index contributed by atoms with van der Waals surface area (Å²) in [5.74, 6) is -1.75. The molecule has 0 aliphatic heterocycles. The molecule has 0 fully saturated rings. The van der Waals surface area contributed by atoms with Crippen molar-refractivity contribution in [2.45, 2.75) is 13.1 Å². The number of benzene rings is 2. The number of rotatable bonds is 5. The molecule has 0 radical (unpaired) electrons. The number of carbonyl (C=O) groups excluding carboxylic acids is 2. The smallest absolute Gasteiger partial charge is 0.416 e. The molecule has 0 aliphatic rings. The fourth-order valence-electron chi connectivity index (χ4n) is 2.50. The van der Waals surface area contributed by atoms with Crippen molar-refractivity contribution >= 4 is 11.8 Å². The first kappa shape index (κ1) is 20.1. The van der Waals surface area contributed by atoms with E-state index in [-0.39, 0.29) is 29.3 Å². The minimum Gasteiger partial charge on any atom is -0.461 e. The first-order valence-corrected chi connectivity index (χ1v) is 8.50. The van der Waals surface area contributed by atoms with Gasteiger partial charge < -0.3 is 4.74 Å². The Bertz CT molecular complexity index is 1050. The fraction of sp³-hybridized carbons (Fsp3) is 0.150. The van der Waals surface area contributed by atoms with Gasteiger partial charge in [-0.1, -0.05) is 42.5 Å². The zero-order valence-corrected chi connectivity index (χ0v) is 15.1. The van der Waals surface area contributed by atoms with Crippen molar-refractivity contribution in [2.75, 3.05) is 6.61 Å². The lowest BCUT2D eigenvalue weighted by Crippen LogP contribution is -2.18. The Kier molecular flexibility index (Phi) is 5.67. The Morgan fingerprint density at radius 3 is 2.34 bits per heavy atom. The number of hydrogen-bond donors (Lipinski definition) is 0. The van der Waals surface area contributed by atoms with Crippen LogP contribution in [0, 0.1) is 0 Å². The summed E-state index contributed by atoms with van der Waals surface area (Å²) >= 11 is 0. The molecule has 0 saturated heterocycles. The predicted molar refractivity (Wildman–Crippen MR) is 96.1 cm³/mol. The van der Waals surface area contributed by atoms with Crippen LogP contribution < -0.4 is 0 Å². The molecule has 148 valence electrons. The molecular weight excluding hydrogens is 387 g/mol. The van der Waals surface area contributed by atoms with E-state index in [2.05, 4.69) is 15.2 Å². The number of ether oxygens (including phenoxy) is 1. The van der Waals surface area contributed by atoms with Crippen molar-refractivity contribution in [1.82, 2.24) is 15.2 Å². The number of ketones is 1. The zero-order valence-electron chi connectivity index (χ0n) is 15.1. The predicted octanol–water partition coefficient (Wildman–Crippen LogP) is 3.97. The summed E-state index contributed by atoms with van der Waals surface area (Å²) in [4.78, 5) is 29.1. The third-order valence-electron chi connectivity index (χ3n) is 3.85. The molecule has 0 N–H and O–H groups in total. The summed E-state index contributed by atoms with van der Waals surface area (Å²) < 4.78 is 43.9. The van der Waals surface area contributed by atoms with Crippen LogP contribution in [-0.2, 0) is 10.9 Å². The van der Waals surface area contributed by atoms with Gasteiger partial charge in [-0.2, -0.15) is 13.2 Å². The van der Waals surface area contributed by atoms with Gasteiger partial charge in [0.25, 0.3) is 0 Å². The summed E-state index contributed by atoms with van der Waals surface area (Å²) in [6, 6.07) is 12.3. The van der Waals surface area contributed by atoms with Gasteiger partial charge in [-0.25, -0.2) is 9.78 Å². The van der Waals surface area contributed by atoms with E-state index in [1.807, 2.05) is 0 Å². The topological polar surface area (TPSA) is 82.0 Å². The van der Waals surface area contributed by atoms with Crippen LogP contribution in [0.4, 0.5) is 13.2 Å². The highest BCUT2D eigenvalue weighted by atomic mass is 19.4. The average Bonchev–Trinajstić information content (AvgIpc) is 2.73. The molecule has 3 aromatic rings. The largest absolute Gasteiger partial charge is 0.461 e. The van der Waals surface area contributed by atoms with Crippen LogP contribution >= 0.6 is 0 Å². The number of esters is 1. The van der Waals surface area contributed by atoms with Gasteiger partial charge in [0.1, 0.15) is 5.69 Å². The summed E-state index contributed by atoms with van der Waals surface area (Å²) in [6.45, 7) is 1.61. The molecule has 0 atom stereocenters. The van der Waals surface area contributed by atoms with E-state index in [1.165, 1.54) is 24.3 Å². The van der Waals surface area contributed by atoms with Crippen molar-refractivity contribution in [3.63, 3.8) is 0 Å². The van der Waals surface area contributed by atoms with E-state index in [0.717, 1.165) is 12.1 Å². The number of halogens is 3. The van der Waals surface area contributed by atoms with Crippen molar-refractivity contribution in [1.29, 1.82) is 0 Å². The average molecular weight is 401 g/mol. The van der Waals surface area contributed by atoms with E-state index in [0.29, 0.717) is 0 Å². The number of alkyl halides is 3. The Balaban J connectivity index is 2.12. The van der Waals surface area contributed by atoms with Gasteiger partial charge in [0.15, 0.2) is 5.82 Å². The number of hydrogen-bond acceptors (Lipinski definition) is 6. The molecule has 3 rings (SSSR count). The molecular formula is C20H14F3N3O3. The molecule has 0 aliphatic carbocycles. The Morgan fingerprint density at radius 1 is 0.966 bits per heavy atom. The van der Waals surface area contributed by atoms with E-state index in [1.54, 1.807) is 25.1 Å². The SMILES string of the molecule is CCOC(=O)c1nnc(-c2cccc(C(F)(F)F)c2)nc1C(=O)c1ccccc1. The molecule has 9 heteroatoms. The van der Waals surface area contributed by atoms with Gasteiger partial charge in [0.2, 0.25) is 11.5 Å². The Hall–Kier alpha value is -3.62. The maximum absolute atomic E-state index is 13.0. The van der Waals surface area contributed by atoms with Crippen LogP contribution in [0.1, 0.15) is 39.0 Å². The molecule has 29 heavy (non-hydrogen) atoms. The van der Waals surface area contributed by atoms with E-state index in [9.17, 15) is 22.8 Å². The van der Waals surface area contributed by atoms with Gasteiger partial charge >= 0.3 is 12.1 Å². The number of aromatic nitrogens is 3. The van der Waals surface area contributed by atoms with Crippen LogP contribution in [0.25, 0.3) is 11.4 Å². The summed E-state index contributed by atoms with van der Waals surface area (Å²) in [5.41, 5.74) is -1.42. The molecule has 1 aromatic heterocycles. The van der Waals surface area contributed by atoms with Crippen LogP contribution in [0.3, 0.4) is 0 Å². The monoisotopic (exact) mass is 401 g/mol. The normalized spacial score (nSPS) is 11.2. The molecule has 0 spiro atoms. The number of nitrogens with zero attached hydrogens (tertiary/aromatic N) is 3. The summed E-state index contributed by atoms with van der Waals surface area (Å²) in [7, 11) is 0. The van der Waals surface area contributed by atoms with Gasteiger partial charge in [-0.05, 0) is 19.1 Å². The van der Waals surface area contributed by atoms with Crippen molar-refractivity contribution < 1.29 is 27.5 Å². The number of carbonyl (C=O) groups is 2. The third-order valence-corrected chi connectivity index (χ3v) is 3.85. The summed E-state index contributed by atoms with van der Waals surface area (Å²) in [5, 5.41) is 7.45. The molecule has 0 saturated carbocycles. The van der Waals surface area contributed by atoms with Crippen LogP contribution in [0.5, 0.6) is 0 Å². The first-order chi connectivity index (χ1) is 13.8. The zero-order chi connectivity index (χ0) is 21.0. The summed E-state index contributed by atoms with van der Waals surface area (Å²) in [6.07, 6.45) is -4.56. The molecule has 6 nitrogen and oxygen atoms in total. The second-order valence-corrected chi connectivity index (χ2v) is 5.83. The van der Waals surface area contributed by atoms with Gasteiger partial charge in [-0.15, -0.1) is 10.2 Å². The minimum atomic E-state index is -4.56. The van der Waals surface area contributed by atoms with E-state index in [4.69, 9.17) is 4.74 Å². The third kappa shape index (κ3) is 4.45. The lowest BCUT2D eigenvalue weighted by molar-refractivity contribution is -0.137. The highest BCUT2D eigenvalue weighted by molar-refractivity contribution is 6.12. The maximum atomic E-state index is 13.0. The van der Waals surface area contributed by atoms with Crippen molar-refractivity contribution in [3.05, 3.63) is 77.1 Å². The van der Waals surface area contributed by atoms with Crippen LogP contribution in [-0.4, -0.2) is 33.5 Å². The molecule has 0 amide bonds. The lowest BCUT2D eigenvalue weighted by atomic mass is 10.1. The van der Waals surface area contributed by atoms with Crippen LogP contribution in [0.15, 0.2) is 54.6 Å². The molecule has 0 unspecified atom stereocenters. The fourth-order valence-corrected chi connectivity index (χ4v) is 2.50. The second kappa shape index (κ2) is 8.17. The minimum absolute atomic E-state index is 0.00449. The Morgan fingerprint density at radius 2 is 1.69 bits per heavy atom. The van der Waals surface area contributed by atoms with Gasteiger partial charge in [0.05, 0.1) is 12.2 Å². The Labute approximate surface area is 163 Å². The lowest BCUT2D eigenvalue weighted by Gasteiger charge is -2.10. The second-order valence-electron chi connectivity index (χ2n) is 5.83. The standard InChI is InChI=1S/C20H14F3N3O3/c1-2-29-19(28)16-15(17(27)12-7-4-3-5-8-12)24-18(26-25-16)13-9-6-10-14(11-13)20(21,22)23/h3-11H,2H2,1H3. The highest BCUT2D eigenvalue weighted by Crippen LogP contribution is 2.31. The highest BCUT2D eigenvalue weighted by Gasteiger charge is 2.31. The quantitative estimate of drug-likeness (QED) is 0.475. The van der Waals surface area contributed by atoms with E-state index < -0.39 is 29.2 Å². The maximum Gasteiger partial charge on any atom is 0.416 e. The van der Waals surface area contributed by atoms with E-state index >= 15 is 0 Å². The first-order valence-electron chi connectivity index (χ1n) is 8.50. The molecule has 1 heterocycles. The van der Waals surface area contributed by atoms with Crippen molar-refractivity contribution in [3.8, 4) is 11.4 Å². The molecule has 2 aromatic carbocycles.